The molecule has 1 aromatic rings. The Balaban J connectivity index is 2.58. The molecule has 0 spiro atoms. The molecule has 1 aromatic heterocycles. The summed E-state index contributed by atoms with van der Waals surface area (Å²) < 4.78 is 1.86. The molecule has 0 amide bonds. The monoisotopic (exact) mass is 252 g/mol. The van der Waals surface area contributed by atoms with Crippen LogP contribution in [0.15, 0.2) is 12.4 Å². The highest BCUT2D eigenvalue weighted by molar-refractivity contribution is 5.09. The lowest BCUT2D eigenvalue weighted by molar-refractivity contribution is 0.291. The van der Waals surface area contributed by atoms with Gasteiger partial charge in [-0.1, -0.05) is 13.8 Å². The second-order valence-electron chi connectivity index (χ2n) is 5.92. The molecule has 0 radical (unpaired) electrons. The standard InChI is InChI=1S/C14H28N4/c1-11(2)7-14(10-17(4)5)16-12(3)13-8-15-18(6)9-13/h8-9,11-12,14,16H,7,10H2,1-6H3. The molecule has 2 unspecified atom stereocenters. The maximum atomic E-state index is 4.23. The molecule has 1 rings (SSSR count). The largest absolute Gasteiger partial charge is 0.308 e. The van der Waals surface area contributed by atoms with Gasteiger partial charge >= 0.3 is 0 Å². The molecule has 0 aromatic carbocycles. The number of hydrogen-bond donors (Lipinski definition) is 1. The van der Waals surface area contributed by atoms with Gasteiger partial charge < -0.3 is 10.2 Å². The SMILES string of the molecule is CC(C)CC(CN(C)C)NC(C)c1cnn(C)c1. The molecule has 0 saturated carbocycles. The minimum atomic E-state index is 0.349. The minimum Gasteiger partial charge on any atom is -0.308 e. The van der Waals surface area contributed by atoms with Crippen LogP contribution >= 0.6 is 0 Å². The number of rotatable bonds is 7. The molecule has 1 heterocycles. The van der Waals surface area contributed by atoms with E-state index in [0.29, 0.717) is 18.0 Å². The van der Waals surface area contributed by atoms with Crippen molar-refractivity contribution in [3.05, 3.63) is 18.0 Å². The zero-order valence-corrected chi connectivity index (χ0v) is 12.6. The quantitative estimate of drug-likeness (QED) is 0.806. The lowest BCUT2D eigenvalue weighted by Gasteiger charge is -2.27. The molecular formula is C14H28N4. The van der Waals surface area contributed by atoms with E-state index in [1.54, 1.807) is 0 Å². The minimum absolute atomic E-state index is 0.349. The third kappa shape index (κ3) is 5.19. The van der Waals surface area contributed by atoms with Crippen molar-refractivity contribution < 1.29 is 0 Å². The van der Waals surface area contributed by atoms with Gasteiger partial charge in [0.25, 0.3) is 0 Å². The van der Waals surface area contributed by atoms with E-state index in [0.717, 1.165) is 6.54 Å². The highest BCUT2D eigenvalue weighted by Crippen LogP contribution is 2.14. The number of hydrogen-bond acceptors (Lipinski definition) is 3. The first-order chi connectivity index (χ1) is 8.38. The first-order valence-corrected chi connectivity index (χ1v) is 6.77. The molecule has 104 valence electrons. The topological polar surface area (TPSA) is 33.1 Å². The molecule has 4 nitrogen and oxygen atoms in total. The van der Waals surface area contributed by atoms with Gasteiger partial charge in [-0.05, 0) is 33.4 Å². The summed E-state index contributed by atoms with van der Waals surface area (Å²) in [6.45, 7) is 7.83. The lowest BCUT2D eigenvalue weighted by atomic mass is 10.0. The summed E-state index contributed by atoms with van der Waals surface area (Å²) in [6, 6.07) is 0.873. The van der Waals surface area contributed by atoms with Gasteiger partial charge in [0.15, 0.2) is 0 Å². The van der Waals surface area contributed by atoms with Crippen LogP contribution in [0.4, 0.5) is 0 Å². The van der Waals surface area contributed by atoms with E-state index < -0.39 is 0 Å². The van der Waals surface area contributed by atoms with Crippen LogP contribution in [0.1, 0.15) is 38.8 Å². The van der Waals surface area contributed by atoms with Crippen LogP contribution in [0, 0.1) is 5.92 Å². The molecule has 4 heteroatoms. The summed E-state index contributed by atoms with van der Waals surface area (Å²) in [5.41, 5.74) is 1.25. The summed E-state index contributed by atoms with van der Waals surface area (Å²) in [5.74, 6) is 0.712. The number of nitrogens with zero attached hydrogens (tertiary/aromatic N) is 3. The van der Waals surface area contributed by atoms with Gasteiger partial charge in [-0.3, -0.25) is 4.68 Å². The highest BCUT2D eigenvalue weighted by Gasteiger charge is 2.16. The summed E-state index contributed by atoms with van der Waals surface area (Å²) in [6.07, 6.45) is 5.22. The molecule has 0 aliphatic heterocycles. The third-order valence-electron chi connectivity index (χ3n) is 3.05. The second-order valence-corrected chi connectivity index (χ2v) is 5.92. The molecule has 0 fully saturated rings. The molecule has 0 saturated heterocycles. The van der Waals surface area contributed by atoms with E-state index in [1.807, 2.05) is 17.9 Å². The van der Waals surface area contributed by atoms with E-state index in [9.17, 15) is 0 Å². The van der Waals surface area contributed by atoms with Gasteiger partial charge in [0, 0.05) is 37.4 Å². The van der Waals surface area contributed by atoms with Gasteiger partial charge in [0.2, 0.25) is 0 Å². The predicted molar refractivity (Wildman–Crippen MR) is 76.6 cm³/mol. The summed E-state index contributed by atoms with van der Waals surface area (Å²) in [4.78, 5) is 2.25. The van der Waals surface area contributed by atoms with E-state index >= 15 is 0 Å². The summed E-state index contributed by atoms with van der Waals surface area (Å²) >= 11 is 0. The average Bonchev–Trinajstić information content (AvgIpc) is 2.62. The van der Waals surface area contributed by atoms with Crippen LogP contribution in [0.2, 0.25) is 0 Å². The van der Waals surface area contributed by atoms with Crippen molar-refractivity contribution in [2.75, 3.05) is 20.6 Å². The van der Waals surface area contributed by atoms with Gasteiger partial charge in [-0.25, -0.2) is 0 Å². The molecule has 2 atom stereocenters. The zero-order chi connectivity index (χ0) is 13.7. The van der Waals surface area contributed by atoms with E-state index in [-0.39, 0.29) is 0 Å². The lowest BCUT2D eigenvalue weighted by Crippen LogP contribution is -2.40. The summed E-state index contributed by atoms with van der Waals surface area (Å²) in [7, 11) is 6.22. The Morgan fingerprint density at radius 1 is 1.33 bits per heavy atom. The smallest absolute Gasteiger partial charge is 0.0537 e. The third-order valence-corrected chi connectivity index (χ3v) is 3.05. The van der Waals surface area contributed by atoms with Crippen LogP contribution in [0.5, 0.6) is 0 Å². The van der Waals surface area contributed by atoms with E-state index in [2.05, 4.69) is 56.4 Å². The first kappa shape index (κ1) is 15.2. The van der Waals surface area contributed by atoms with Crippen molar-refractivity contribution >= 4 is 0 Å². The van der Waals surface area contributed by atoms with Crippen LogP contribution in [0.3, 0.4) is 0 Å². The van der Waals surface area contributed by atoms with Gasteiger partial charge in [0.1, 0.15) is 0 Å². The van der Waals surface area contributed by atoms with Crippen molar-refractivity contribution in [2.24, 2.45) is 13.0 Å². The Morgan fingerprint density at radius 2 is 2.00 bits per heavy atom. The maximum Gasteiger partial charge on any atom is 0.0537 e. The zero-order valence-electron chi connectivity index (χ0n) is 12.6. The number of nitrogens with one attached hydrogen (secondary N) is 1. The van der Waals surface area contributed by atoms with Crippen molar-refractivity contribution in [3.8, 4) is 0 Å². The predicted octanol–water partition coefficient (Wildman–Crippen LogP) is 2.05. The van der Waals surface area contributed by atoms with Gasteiger partial charge in [0.05, 0.1) is 6.20 Å². The van der Waals surface area contributed by atoms with Gasteiger partial charge in [-0.2, -0.15) is 5.10 Å². The van der Waals surface area contributed by atoms with Crippen LogP contribution in [-0.2, 0) is 7.05 Å². The normalized spacial score (nSPS) is 15.3. The molecule has 1 N–H and O–H groups in total. The Kier molecular flexibility index (Phi) is 5.82. The molecule has 0 bridgehead atoms. The number of likely N-dealkylation sites (N-methyl/N-ethyl adjacent to an activating group) is 1. The van der Waals surface area contributed by atoms with Crippen LogP contribution < -0.4 is 5.32 Å². The molecule has 0 aliphatic rings. The summed E-state index contributed by atoms with van der Waals surface area (Å²) in [5, 5.41) is 7.95. The fraction of sp³-hybridized carbons (Fsp3) is 0.786. The highest BCUT2D eigenvalue weighted by atomic mass is 15.2. The fourth-order valence-corrected chi connectivity index (χ4v) is 2.32. The second kappa shape index (κ2) is 6.90. The van der Waals surface area contributed by atoms with E-state index in [1.165, 1.54) is 12.0 Å². The van der Waals surface area contributed by atoms with Crippen molar-refractivity contribution in [3.63, 3.8) is 0 Å². The number of aromatic nitrogens is 2. The number of aryl methyl sites for hydroxylation is 1. The van der Waals surface area contributed by atoms with Crippen molar-refractivity contribution in [1.29, 1.82) is 0 Å². The van der Waals surface area contributed by atoms with Gasteiger partial charge in [-0.15, -0.1) is 0 Å². The van der Waals surface area contributed by atoms with Crippen LogP contribution in [0.25, 0.3) is 0 Å². The Hall–Kier alpha value is -0.870. The fourth-order valence-electron chi connectivity index (χ4n) is 2.32. The maximum absolute atomic E-state index is 4.23. The van der Waals surface area contributed by atoms with E-state index in [4.69, 9.17) is 0 Å². The van der Waals surface area contributed by atoms with Crippen molar-refractivity contribution in [1.82, 2.24) is 20.0 Å². The molecule has 18 heavy (non-hydrogen) atoms. The van der Waals surface area contributed by atoms with Crippen molar-refractivity contribution in [2.45, 2.75) is 39.3 Å². The van der Waals surface area contributed by atoms with Crippen LogP contribution in [-0.4, -0.2) is 41.4 Å². The first-order valence-electron chi connectivity index (χ1n) is 6.77. The molecular weight excluding hydrogens is 224 g/mol. The average molecular weight is 252 g/mol. The Labute approximate surface area is 111 Å². The Morgan fingerprint density at radius 3 is 2.44 bits per heavy atom. The molecule has 0 aliphatic carbocycles. The Bertz CT molecular complexity index is 333.